The van der Waals surface area contributed by atoms with Crippen LogP contribution in [0.15, 0.2) is 22.7 Å². The lowest BCUT2D eigenvalue weighted by Gasteiger charge is -2.20. The van der Waals surface area contributed by atoms with Crippen LogP contribution in [-0.2, 0) is 0 Å². The summed E-state index contributed by atoms with van der Waals surface area (Å²) in [7, 11) is 0. The average molecular weight is 306 g/mol. The van der Waals surface area contributed by atoms with Crippen molar-refractivity contribution in [3.8, 4) is 0 Å². The molecule has 0 heterocycles. The lowest BCUT2D eigenvalue weighted by molar-refractivity contribution is 0.487. The summed E-state index contributed by atoms with van der Waals surface area (Å²) in [5.74, 6) is 0.875. The van der Waals surface area contributed by atoms with Gasteiger partial charge in [-0.15, -0.1) is 0 Å². The van der Waals surface area contributed by atoms with Gasteiger partial charge < -0.3 is 5.32 Å². The molecular formula is C12H17BrFNS. The molecule has 1 aromatic rings. The Morgan fingerprint density at radius 1 is 1.44 bits per heavy atom. The lowest BCUT2D eigenvalue weighted by Crippen LogP contribution is -2.31. The maximum absolute atomic E-state index is 13.6. The zero-order chi connectivity index (χ0) is 12.1. The fourth-order valence-electron chi connectivity index (χ4n) is 1.66. The topological polar surface area (TPSA) is 12.0 Å². The van der Waals surface area contributed by atoms with E-state index in [0.717, 1.165) is 10.2 Å². The zero-order valence-corrected chi connectivity index (χ0v) is 12.2. The Labute approximate surface area is 109 Å². The van der Waals surface area contributed by atoms with Crippen LogP contribution in [0.2, 0.25) is 0 Å². The monoisotopic (exact) mass is 305 g/mol. The number of thioether (sulfide) groups is 1. The number of benzene rings is 1. The molecule has 1 rings (SSSR count). The predicted octanol–water partition coefficient (Wildman–Crippen LogP) is 3.99. The smallest absolute Gasteiger partial charge is 0.128 e. The van der Waals surface area contributed by atoms with Crippen molar-refractivity contribution in [1.82, 2.24) is 5.32 Å². The van der Waals surface area contributed by atoms with Crippen LogP contribution < -0.4 is 5.32 Å². The summed E-state index contributed by atoms with van der Waals surface area (Å²) in [6.07, 6.45) is 2.07. The van der Waals surface area contributed by atoms with Crippen LogP contribution in [-0.4, -0.2) is 18.1 Å². The molecule has 0 aliphatic rings. The molecule has 2 atom stereocenters. The van der Waals surface area contributed by atoms with Crippen LogP contribution in [0.25, 0.3) is 0 Å². The summed E-state index contributed by atoms with van der Waals surface area (Å²) in [5, 5.41) is 3.38. The molecule has 0 amide bonds. The Bertz CT molecular complexity index is 346. The van der Waals surface area contributed by atoms with E-state index in [1.807, 2.05) is 13.0 Å². The van der Waals surface area contributed by atoms with Gasteiger partial charge in [-0.25, -0.2) is 4.39 Å². The van der Waals surface area contributed by atoms with Crippen LogP contribution in [0, 0.1) is 5.82 Å². The number of hydrogen-bond donors (Lipinski definition) is 1. The molecule has 0 saturated carbocycles. The molecule has 16 heavy (non-hydrogen) atoms. The molecule has 90 valence electrons. The van der Waals surface area contributed by atoms with Crippen molar-refractivity contribution >= 4 is 27.7 Å². The van der Waals surface area contributed by atoms with Crippen molar-refractivity contribution in [1.29, 1.82) is 0 Å². The standard InChI is InChI=1S/C12H17BrFNS/c1-8(7-16-3)15-9(2)11-6-10(13)4-5-12(11)14/h4-6,8-9,15H,7H2,1-3H3. The molecule has 1 N–H and O–H groups in total. The van der Waals surface area contributed by atoms with E-state index in [2.05, 4.69) is 34.4 Å². The van der Waals surface area contributed by atoms with Crippen LogP contribution in [0.5, 0.6) is 0 Å². The van der Waals surface area contributed by atoms with Gasteiger partial charge in [0, 0.05) is 27.9 Å². The molecule has 0 aliphatic heterocycles. The minimum atomic E-state index is -0.153. The Kier molecular flexibility index (Phi) is 5.79. The lowest BCUT2D eigenvalue weighted by atomic mass is 10.1. The molecule has 0 saturated heterocycles. The third-order valence-electron chi connectivity index (χ3n) is 2.38. The van der Waals surface area contributed by atoms with E-state index in [1.54, 1.807) is 17.8 Å². The SMILES string of the molecule is CSCC(C)NC(C)c1cc(Br)ccc1F. The van der Waals surface area contributed by atoms with Crippen molar-refractivity contribution in [2.24, 2.45) is 0 Å². The van der Waals surface area contributed by atoms with Gasteiger partial charge in [0.25, 0.3) is 0 Å². The van der Waals surface area contributed by atoms with E-state index in [9.17, 15) is 4.39 Å². The van der Waals surface area contributed by atoms with E-state index in [1.165, 1.54) is 6.07 Å². The Balaban J connectivity index is 2.72. The molecule has 1 nitrogen and oxygen atoms in total. The summed E-state index contributed by atoms with van der Waals surface area (Å²) in [5.41, 5.74) is 0.710. The molecule has 0 fully saturated rings. The van der Waals surface area contributed by atoms with Crippen LogP contribution in [0.3, 0.4) is 0 Å². The van der Waals surface area contributed by atoms with Crippen molar-refractivity contribution < 1.29 is 4.39 Å². The van der Waals surface area contributed by atoms with E-state index in [0.29, 0.717) is 11.6 Å². The first-order chi connectivity index (χ1) is 7.54. The first-order valence-electron chi connectivity index (χ1n) is 5.24. The van der Waals surface area contributed by atoms with Crippen molar-refractivity contribution in [2.45, 2.75) is 25.9 Å². The zero-order valence-electron chi connectivity index (χ0n) is 9.76. The molecule has 2 unspecified atom stereocenters. The normalized spacial score (nSPS) is 14.8. The molecule has 0 aromatic heterocycles. The Hall–Kier alpha value is -0.0600. The molecule has 0 spiro atoms. The third kappa shape index (κ3) is 4.07. The predicted molar refractivity (Wildman–Crippen MR) is 73.5 cm³/mol. The fourth-order valence-corrected chi connectivity index (χ4v) is 2.64. The molecule has 0 radical (unpaired) electrons. The first kappa shape index (κ1) is 14.0. The van der Waals surface area contributed by atoms with E-state index >= 15 is 0 Å². The third-order valence-corrected chi connectivity index (χ3v) is 3.70. The highest BCUT2D eigenvalue weighted by atomic mass is 79.9. The highest BCUT2D eigenvalue weighted by molar-refractivity contribution is 9.10. The van der Waals surface area contributed by atoms with E-state index in [-0.39, 0.29) is 11.9 Å². The Morgan fingerprint density at radius 3 is 2.75 bits per heavy atom. The number of nitrogens with one attached hydrogen (secondary N) is 1. The number of halogens is 2. The first-order valence-corrected chi connectivity index (χ1v) is 7.43. The minimum absolute atomic E-state index is 0.0275. The second-order valence-electron chi connectivity index (χ2n) is 3.91. The van der Waals surface area contributed by atoms with E-state index in [4.69, 9.17) is 0 Å². The van der Waals surface area contributed by atoms with Gasteiger partial charge in [-0.3, -0.25) is 0 Å². The largest absolute Gasteiger partial charge is 0.307 e. The van der Waals surface area contributed by atoms with E-state index < -0.39 is 0 Å². The molecule has 4 heteroatoms. The number of hydrogen-bond acceptors (Lipinski definition) is 2. The highest BCUT2D eigenvalue weighted by Gasteiger charge is 2.13. The van der Waals surface area contributed by atoms with Gasteiger partial charge in [0.05, 0.1) is 0 Å². The van der Waals surface area contributed by atoms with Gasteiger partial charge >= 0.3 is 0 Å². The summed E-state index contributed by atoms with van der Waals surface area (Å²) >= 11 is 5.15. The van der Waals surface area contributed by atoms with Crippen LogP contribution >= 0.6 is 27.7 Å². The van der Waals surface area contributed by atoms with Gasteiger partial charge in [0.15, 0.2) is 0 Å². The number of rotatable bonds is 5. The summed E-state index contributed by atoms with van der Waals surface area (Å²) in [6.45, 7) is 4.10. The van der Waals surface area contributed by atoms with Crippen molar-refractivity contribution in [3.05, 3.63) is 34.1 Å². The van der Waals surface area contributed by atoms with Crippen LogP contribution in [0.4, 0.5) is 4.39 Å². The molecular weight excluding hydrogens is 289 g/mol. The average Bonchev–Trinajstić information content (AvgIpc) is 2.21. The summed E-state index contributed by atoms with van der Waals surface area (Å²) < 4.78 is 14.5. The van der Waals surface area contributed by atoms with Crippen molar-refractivity contribution in [2.75, 3.05) is 12.0 Å². The quantitative estimate of drug-likeness (QED) is 0.883. The van der Waals surface area contributed by atoms with Gasteiger partial charge in [-0.05, 0) is 38.3 Å². The minimum Gasteiger partial charge on any atom is -0.307 e. The van der Waals surface area contributed by atoms with Gasteiger partial charge in [0.2, 0.25) is 0 Å². The highest BCUT2D eigenvalue weighted by Crippen LogP contribution is 2.22. The molecule has 1 aromatic carbocycles. The Morgan fingerprint density at radius 2 is 2.12 bits per heavy atom. The van der Waals surface area contributed by atoms with Crippen LogP contribution in [0.1, 0.15) is 25.5 Å². The summed E-state index contributed by atoms with van der Waals surface area (Å²) in [6, 6.07) is 5.45. The molecule has 0 bridgehead atoms. The molecule has 0 aliphatic carbocycles. The maximum Gasteiger partial charge on any atom is 0.128 e. The van der Waals surface area contributed by atoms with Gasteiger partial charge in [-0.1, -0.05) is 15.9 Å². The second-order valence-corrected chi connectivity index (χ2v) is 5.74. The fraction of sp³-hybridized carbons (Fsp3) is 0.500. The summed E-state index contributed by atoms with van der Waals surface area (Å²) in [4.78, 5) is 0. The maximum atomic E-state index is 13.6. The van der Waals surface area contributed by atoms with Gasteiger partial charge in [-0.2, -0.15) is 11.8 Å². The van der Waals surface area contributed by atoms with Crippen molar-refractivity contribution in [3.63, 3.8) is 0 Å². The van der Waals surface area contributed by atoms with Gasteiger partial charge in [0.1, 0.15) is 5.82 Å². The second kappa shape index (κ2) is 6.62.